The lowest BCUT2D eigenvalue weighted by Crippen LogP contribution is -2.41. The van der Waals surface area contributed by atoms with Gasteiger partial charge in [0.15, 0.2) is 5.78 Å². The first-order valence-corrected chi connectivity index (χ1v) is 9.69. The molecule has 1 unspecified atom stereocenters. The summed E-state index contributed by atoms with van der Waals surface area (Å²) in [6.07, 6.45) is 12.5. The fourth-order valence-corrected chi connectivity index (χ4v) is 4.40. The molecule has 4 heterocycles. The minimum Gasteiger partial charge on any atom is -0.464 e. The summed E-state index contributed by atoms with van der Waals surface area (Å²) in [4.78, 5) is 19.4. The van der Waals surface area contributed by atoms with Crippen LogP contribution in [-0.2, 0) is 0 Å². The number of hydrogen-bond acceptors (Lipinski definition) is 4. The third-order valence-corrected chi connectivity index (χ3v) is 5.88. The second kappa shape index (κ2) is 6.78. The number of rotatable bonds is 3. The molecule has 1 aromatic carbocycles. The molecule has 2 aliphatic rings. The summed E-state index contributed by atoms with van der Waals surface area (Å²) in [5.74, 6) is -0.00627. The number of carbonyl (C=O) groups excluding carboxylic acids is 1. The Labute approximate surface area is 158 Å². The molecule has 27 heavy (non-hydrogen) atoms. The van der Waals surface area contributed by atoms with Gasteiger partial charge in [0.1, 0.15) is 5.58 Å². The van der Waals surface area contributed by atoms with Crippen molar-refractivity contribution in [1.29, 1.82) is 0 Å². The number of pyridine rings is 1. The zero-order valence-corrected chi connectivity index (χ0v) is 15.2. The predicted molar refractivity (Wildman–Crippen MR) is 106 cm³/mol. The number of furan rings is 1. The summed E-state index contributed by atoms with van der Waals surface area (Å²) in [5.41, 5.74) is 4.60. The maximum atomic E-state index is 12.8. The van der Waals surface area contributed by atoms with E-state index in [1.54, 1.807) is 24.5 Å². The van der Waals surface area contributed by atoms with Gasteiger partial charge >= 0.3 is 0 Å². The maximum Gasteiger partial charge on any atom is 0.194 e. The summed E-state index contributed by atoms with van der Waals surface area (Å²) in [6.45, 7) is 2.23. The molecule has 0 aliphatic carbocycles. The van der Waals surface area contributed by atoms with Gasteiger partial charge in [0.05, 0.1) is 6.26 Å². The van der Waals surface area contributed by atoms with E-state index in [0.29, 0.717) is 17.2 Å². The van der Waals surface area contributed by atoms with Crippen molar-refractivity contribution in [2.75, 3.05) is 13.1 Å². The Morgan fingerprint density at radius 2 is 2.15 bits per heavy atom. The van der Waals surface area contributed by atoms with Crippen LogP contribution >= 0.6 is 0 Å². The number of nitrogens with zero attached hydrogens (tertiary/aromatic N) is 2. The molecular formula is C23H22N2O2. The van der Waals surface area contributed by atoms with E-state index in [1.807, 2.05) is 24.5 Å². The van der Waals surface area contributed by atoms with Gasteiger partial charge in [-0.1, -0.05) is 12.5 Å². The second-order valence-corrected chi connectivity index (χ2v) is 7.51. The van der Waals surface area contributed by atoms with E-state index in [1.165, 1.54) is 31.4 Å². The number of piperidine rings is 1. The highest BCUT2D eigenvalue weighted by Crippen LogP contribution is 2.36. The molecule has 2 aromatic heterocycles. The van der Waals surface area contributed by atoms with Crippen LogP contribution in [0.15, 0.2) is 59.5 Å². The molecule has 0 bridgehead atoms. The standard InChI is InChI=1S/C23H22N2O2/c26-23(18-4-3-9-24-14-18)17-6-7-22-20(13-17)21(15-27-22)16-8-11-25-10-2-1-5-19(25)12-16/h3-4,6-9,13-15,19H,1-2,5,10-12H2. The zero-order chi connectivity index (χ0) is 18.2. The highest BCUT2D eigenvalue weighted by Gasteiger charge is 2.27. The molecule has 0 radical (unpaired) electrons. The first kappa shape index (κ1) is 16.5. The van der Waals surface area contributed by atoms with Crippen molar-refractivity contribution in [2.24, 2.45) is 0 Å². The van der Waals surface area contributed by atoms with E-state index in [-0.39, 0.29) is 5.78 Å². The predicted octanol–water partition coefficient (Wildman–Crippen LogP) is 4.70. The SMILES string of the molecule is O=C(c1cccnc1)c1ccc2occ(C3=CCN4CCCCC4C3)c2c1. The van der Waals surface area contributed by atoms with Gasteiger partial charge < -0.3 is 4.42 Å². The van der Waals surface area contributed by atoms with Crippen LogP contribution in [0.4, 0.5) is 0 Å². The fourth-order valence-electron chi connectivity index (χ4n) is 4.40. The van der Waals surface area contributed by atoms with Crippen molar-refractivity contribution in [1.82, 2.24) is 9.88 Å². The van der Waals surface area contributed by atoms with Gasteiger partial charge in [-0.15, -0.1) is 0 Å². The van der Waals surface area contributed by atoms with Gasteiger partial charge in [-0.05, 0) is 61.7 Å². The largest absolute Gasteiger partial charge is 0.464 e. The van der Waals surface area contributed by atoms with Crippen LogP contribution < -0.4 is 0 Å². The quantitative estimate of drug-likeness (QED) is 0.637. The van der Waals surface area contributed by atoms with Gasteiger partial charge in [0, 0.05) is 47.1 Å². The fraction of sp³-hybridized carbons (Fsp3) is 0.304. The van der Waals surface area contributed by atoms with Gasteiger partial charge in [0.25, 0.3) is 0 Å². The van der Waals surface area contributed by atoms with E-state index in [9.17, 15) is 4.79 Å². The van der Waals surface area contributed by atoms with Crippen molar-refractivity contribution in [3.05, 3.63) is 71.8 Å². The van der Waals surface area contributed by atoms with Gasteiger partial charge in [-0.3, -0.25) is 14.7 Å². The van der Waals surface area contributed by atoms with E-state index < -0.39 is 0 Å². The molecule has 3 aromatic rings. The van der Waals surface area contributed by atoms with Crippen molar-refractivity contribution in [2.45, 2.75) is 31.7 Å². The number of ketones is 1. The molecule has 1 saturated heterocycles. The number of benzene rings is 1. The van der Waals surface area contributed by atoms with Crippen LogP contribution in [0.3, 0.4) is 0 Å². The summed E-state index contributed by atoms with van der Waals surface area (Å²) in [6, 6.07) is 9.94. The molecule has 4 nitrogen and oxygen atoms in total. The lowest BCUT2D eigenvalue weighted by molar-refractivity contribution is 0.103. The topological polar surface area (TPSA) is 46.3 Å². The molecule has 136 valence electrons. The highest BCUT2D eigenvalue weighted by molar-refractivity contribution is 6.10. The number of carbonyl (C=O) groups is 1. The Morgan fingerprint density at radius 1 is 1.19 bits per heavy atom. The molecule has 0 N–H and O–H groups in total. The smallest absolute Gasteiger partial charge is 0.194 e. The van der Waals surface area contributed by atoms with Gasteiger partial charge in [-0.25, -0.2) is 0 Å². The first-order chi connectivity index (χ1) is 13.3. The third kappa shape index (κ3) is 3.00. The van der Waals surface area contributed by atoms with Gasteiger partial charge in [-0.2, -0.15) is 0 Å². The second-order valence-electron chi connectivity index (χ2n) is 7.51. The molecule has 4 heteroatoms. The molecule has 1 atom stereocenters. The molecule has 0 spiro atoms. The monoisotopic (exact) mass is 358 g/mol. The van der Waals surface area contributed by atoms with Gasteiger partial charge in [0.2, 0.25) is 0 Å². The van der Waals surface area contributed by atoms with E-state index in [0.717, 1.165) is 29.5 Å². The normalized spacial score (nSPS) is 20.3. The Morgan fingerprint density at radius 3 is 3.04 bits per heavy atom. The lowest BCUT2D eigenvalue weighted by Gasteiger charge is -2.38. The number of aromatic nitrogens is 1. The average molecular weight is 358 g/mol. The van der Waals surface area contributed by atoms with Crippen LogP contribution in [0.5, 0.6) is 0 Å². The van der Waals surface area contributed by atoms with Crippen molar-refractivity contribution in [3.63, 3.8) is 0 Å². The summed E-state index contributed by atoms with van der Waals surface area (Å²) in [7, 11) is 0. The van der Waals surface area contributed by atoms with E-state index >= 15 is 0 Å². The average Bonchev–Trinajstić information content (AvgIpc) is 3.16. The van der Waals surface area contributed by atoms with E-state index in [4.69, 9.17) is 4.42 Å². The maximum absolute atomic E-state index is 12.8. The summed E-state index contributed by atoms with van der Waals surface area (Å²) >= 11 is 0. The van der Waals surface area contributed by atoms with Crippen LogP contribution in [0, 0.1) is 0 Å². The molecule has 0 saturated carbocycles. The van der Waals surface area contributed by atoms with Crippen molar-refractivity contribution >= 4 is 22.3 Å². The molecule has 2 aliphatic heterocycles. The van der Waals surface area contributed by atoms with Crippen LogP contribution in [0.25, 0.3) is 16.5 Å². The van der Waals surface area contributed by atoms with Crippen molar-refractivity contribution < 1.29 is 9.21 Å². The Bertz CT molecular complexity index is 1020. The van der Waals surface area contributed by atoms with Crippen LogP contribution in [0.2, 0.25) is 0 Å². The Kier molecular flexibility index (Phi) is 4.13. The van der Waals surface area contributed by atoms with E-state index in [2.05, 4.69) is 16.0 Å². The highest BCUT2D eigenvalue weighted by atomic mass is 16.3. The number of hydrogen-bond donors (Lipinski definition) is 0. The van der Waals surface area contributed by atoms with Crippen LogP contribution in [0.1, 0.15) is 47.2 Å². The molecule has 1 fully saturated rings. The van der Waals surface area contributed by atoms with Crippen molar-refractivity contribution in [3.8, 4) is 0 Å². The van der Waals surface area contributed by atoms with Crippen LogP contribution in [-0.4, -0.2) is 34.8 Å². The summed E-state index contributed by atoms with van der Waals surface area (Å²) in [5, 5.41) is 1.03. The summed E-state index contributed by atoms with van der Waals surface area (Å²) < 4.78 is 5.80. The minimum absolute atomic E-state index is 0.00627. The Hall–Kier alpha value is -2.72. The molecule has 0 amide bonds. The number of fused-ring (bicyclic) bond motifs is 2. The third-order valence-electron chi connectivity index (χ3n) is 5.88. The first-order valence-electron chi connectivity index (χ1n) is 9.69. The lowest BCUT2D eigenvalue weighted by atomic mass is 9.88. The minimum atomic E-state index is -0.00627. The molecule has 5 rings (SSSR count). The molecular weight excluding hydrogens is 336 g/mol. The zero-order valence-electron chi connectivity index (χ0n) is 15.2. The Balaban J connectivity index is 1.51.